The molecule has 0 radical (unpaired) electrons. The maximum Gasteiger partial charge on any atom is 0.135 e. The molecule has 2 N–H and O–H groups in total. The molecule has 0 aliphatic carbocycles. The molecule has 0 bridgehead atoms. The predicted molar refractivity (Wildman–Crippen MR) is 82.6 cm³/mol. The van der Waals surface area contributed by atoms with Gasteiger partial charge < -0.3 is 10.5 Å². The van der Waals surface area contributed by atoms with Gasteiger partial charge in [-0.05, 0) is 45.6 Å². The highest BCUT2D eigenvalue weighted by molar-refractivity contribution is 9.10. The first-order valence-corrected chi connectivity index (χ1v) is 6.74. The lowest BCUT2D eigenvalue weighted by molar-refractivity contribution is 0.488. The van der Waals surface area contributed by atoms with Crippen LogP contribution in [0.25, 0.3) is 10.8 Å². The van der Waals surface area contributed by atoms with Crippen LogP contribution in [0.5, 0.6) is 11.5 Å². The number of halogens is 1. The largest absolute Gasteiger partial charge is 0.457 e. The highest BCUT2D eigenvalue weighted by Crippen LogP contribution is 2.32. The molecule has 0 amide bonds. The summed E-state index contributed by atoms with van der Waals surface area (Å²) in [6.07, 6.45) is 0. The summed E-state index contributed by atoms with van der Waals surface area (Å²) in [6.45, 7) is 0. The number of nitrogens with two attached hydrogens (primary N) is 1. The average molecular weight is 314 g/mol. The molecule has 0 fully saturated rings. The quantitative estimate of drug-likeness (QED) is 0.677. The lowest BCUT2D eigenvalue weighted by atomic mass is 10.1. The molecule has 0 heterocycles. The summed E-state index contributed by atoms with van der Waals surface area (Å²) in [7, 11) is 0. The molecule has 0 saturated heterocycles. The molecule has 0 atom stereocenters. The second kappa shape index (κ2) is 4.94. The van der Waals surface area contributed by atoms with Crippen LogP contribution in [0.3, 0.4) is 0 Å². The summed E-state index contributed by atoms with van der Waals surface area (Å²) in [4.78, 5) is 0. The van der Waals surface area contributed by atoms with Gasteiger partial charge in [-0.3, -0.25) is 0 Å². The number of fused-ring (bicyclic) bond motifs is 1. The minimum absolute atomic E-state index is 0.699. The molecule has 3 aromatic rings. The minimum Gasteiger partial charge on any atom is -0.457 e. The Balaban J connectivity index is 2.03. The first-order valence-electron chi connectivity index (χ1n) is 5.95. The van der Waals surface area contributed by atoms with Crippen molar-refractivity contribution in [1.29, 1.82) is 0 Å². The highest BCUT2D eigenvalue weighted by Gasteiger charge is 2.04. The molecular formula is C16H12BrNO. The van der Waals surface area contributed by atoms with Gasteiger partial charge in [0.1, 0.15) is 11.5 Å². The molecule has 3 aromatic carbocycles. The van der Waals surface area contributed by atoms with Crippen LogP contribution in [-0.2, 0) is 0 Å². The van der Waals surface area contributed by atoms with Gasteiger partial charge in [0.2, 0.25) is 0 Å². The Morgan fingerprint density at radius 1 is 0.895 bits per heavy atom. The first-order chi connectivity index (χ1) is 9.24. The second-order valence-corrected chi connectivity index (χ2v) is 5.12. The van der Waals surface area contributed by atoms with E-state index in [0.717, 1.165) is 26.7 Å². The molecule has 2 nitrogen and oxygen atoms in total. The topological polar surface area (TPSA) is 35.2 Å². The van der Waals surface area contributed by atoms with E-state index in [1.165, 1.54) is 0 Å². The summed E-state index contributed by atoms with van der Waals surface area (Å²) >= 11 is 3.40. The van der Waals surface area contributed by atoms with Gasteiger partial charge in [0, 0.05) is 15.5 Å². The summed E-state index contributed by atoms with van der Waals surface area (Å²) in [6, 6.07) is 19.7. The van der Waals surface area contributed by atoms with Crippen molar-refractivity contribution in [2.75, 3.05) is 5.73 Å². The summed E-state index contributed by atoms with van der Waals surface area (Å²) in [5, 5.41) is 2.26. The van der Waals surface area contributed by atoms with E-state index < -0.39 is 0 Å². The van der Waals surface area contributed by atoms with E-state index in [4.69, 9.17) is 10.5 Å². The summed E-state index contributed by atoms with van der Waals surface area (Å²) in [5.74, 6) is 1.60. The molecule has 0 aliphatic heterocycles. The Morgan fingerprint density at radius 3 is 2.53 bits per heavy atom. The van der Waals surface area contributed by atoms with Crippen LogP contribution in [-0.4, -0.2) is 0 Å². The van der Waals surface area contributed by atoms with Gasteiger partial charge in [0.05, 0.1) is 0 Å². The maximum atomic E-state index is 5.94. The van der Waals surface area contributed by atoms with E-state index in [1.54, 1.807) is 0 Å². The average Bonchev–Trinajstić information content (AvgIpc) is 2.43. The monoisotopic (exact) mass is 313 g/mol. The van der Waals surface area contributed by atoms with Crippen LogP contribution in [0.2, 0.25) is 0 Å². The number of rotatable bonds is 2. The fourth-order valence-electron chi connectivity index (χ4n) is 1.98. The van der Waals surface area contributed by atoms with Gasteiger partial charge in [-0.15, -0.1) is 0 Å². The van der Waals surface area contributed by atoms with E-state index in [9.17, 15) is 0 Å². The molecule has 3 rings (SSSR count). The van der Waals surface area contributed by atoms with Crippen molar-refractivity contribution in [3.05, 3.63) is 65.1 Å². The Morgan fingerprint density at radius 2 is 1.68 bits per heavy atom. The van der Waals surface area contributed by atoms with Gasteiger partial charge in [-0.25, -0.2) is 0 Å². The molecule has 0 aromatic heterocycles. The number of benzene rings is 3. The molecule has 19 heavy (non-hydrogen) atoms. The van der Waals surface area contributed by atoms with E-state index in [1.807, 2.05) is 42.5 Å². The Labute approximate surface area is 119 Å². The van der Waals surface area contributed by atoms with Crippen molar-refractivity contribution < 1.29 is 4.74 Å². The zero-order chi connectivity index (χ0) is 13.2. The normalized spacial score (nSPS) is 10.6. The number of hydrogen-bond donors (Lipinski definition) is 1. The standard InChI is InChI=1S/C16H12BrNO/c17-14-10-12(8-9-15(14)18)19-16-7-3-5-11-4-1-2-6-13(11)16/h1-10H,18H2. The van der Waals surface area contributed by atoms with E-state index in [-0.39, 0.29) is 0 Å². The first kappa shape index (κ1) is 12.1. The van der Waals surface area contributed by atoms with Crippen molar-refractivity contribution in [1.82, 2.24) is 0 Å². The van der Waals surface area contributed by atoms with Crippen molar-refractivity contribution in [3.8, 4) is 11.5 Å². The molecule has 0 aliphatic rings. The van der Waals surface area contributed by atoms with Gasteiger partial charge >= 0.3 is 0 Å². The fourth-order valence-corrected chi connectivity index (χ4v) is 2.34. The van der Waals surface area contributed by atoms with E-state index in [2.05, 4.69) is 34.1 Å². The SMILES string of the molecule is Nc1ccc(Oc2cccc3ccccc23)cc1Br. The van der Waals surface area contributed by atoms with Crippen LogP contribution < -0.4 is 10.5 Å². The van der Waals surface area contributed by atoms with E-state index >= 15 is 0 Å². The van der Waals surface area contributed by atoms with Gasteiger partial charge in [0.15, 0.2) is 0 Å². The Kier molecular flexibility index (Phi) is 3.13. The second-order valence-electron chi connectivity index (χ2n) is 4.26. The molecule has 0 saturated carbocycles. The summed E-state index contributed by atoms with van der Waals surface area (Å²) in [5.41, 5.74) is 6.47. The molecule has 0 spiro atoms. The number of nitrogen functional groups attached to an aromatic ring is 1. The third kappa shape index (κ3) is 2.42. The highest BCUT2D eigenvalue weighted by atomic mass is 79.9. The lowest BCUT2D eigenvalue weighted by Gasteiger charge is -2.09. The van der Waals surface area contributed by atoms with Crippen LogP contribution in [0.4, 0.5) is 5.69 Å². The molecule has 94 valence electrons. The zero-order valence-corrected chi connectivity index (χ0v) is 11.7. The smallest absolute Gasteiger partial charge is 0.135 e. The molecule has 3 heteroatoms. The van der Waals surface area contributed by atoms with Crippen molar-refractivity contribution in [3.63, 3.8) is 0 Å². The number of anilines is 1. The summed E-state index contributed by atoms with van der Waals surface area (Å²) < 4.78 is 6.78. The van der Waals surface area contributed by atoms with Crippen LogP contribution in [0.1, 0.15) is 0 Å². The fraction of sp³-hybridized carbons (Fsp3) is 0. The number of hydrogen-bond acceptors (Lipinski definition) is 2. The third-order valence-electron chi connectivity index (χ3n) is 2.95. The van der Waals surface area contributed by atoms with Gasteiger partial charge in [0.25, 0.3) is 0 Å². The molecular weight excluding hydrogens is 302 g/mol. The predicted octanol–water partition coefficient (Wildman–Crippen LogP) is 4.98. The number of ether oxygens (including phenoxy) is 1. The Bertz CT molecular complexity index is 734. The third-order valence-corrected chi connectivity index (χ3v) is 3.64. The maximum absolute atomic E-state index is 5.94. The molecule has 0 unspecified atom stereocenters. The van der Waals surface area contributed by atoms with Crippen LogP contribution in [0.15, 0.2) is 65.1 Å². The van der Waals surface area contributed by atoms with Gasteiger partial charge in [-0.1, -0.05) is 36.4 Å². The Hall–Kier alpha value is -2.00. The van der Waals surface area contributed by atoms with Crippen molar-refractivity contribution in [2.45, 2.75) is 0 Å². The lowest BCUT2D eigenvalue weighted by Crippen LogP contribution is -1.89. The van der Waals surface area contributed by atoms with Gasteiger partial charge in [-0.2, -0.15) is 0 Å². The minimum atomic E-state index is 0.699. The van der Waals surface area contributed by atoms with Crippen LogP contribution in [0, 0.1) is 0 Å². The van der Waals surface area contributed by atoms with E-state index in [0.29, 0.717) is 5.69 Å². The van der Waals surface area contributed by atoms with Crippen LogP contribution >= 0.6 is 15.9 Å². The zero-order valence-electron chi connectivity index (χ0n) is 10.1. The van der Waals surface area contributed by atoms with Crippen molar-refractivity contribution >= 4 is 32.4 Å². The van der Waals surface area contributed by atoms with Crippen molar-refractivity contribution in [2.24, 2.45) is 0 Å².